The van der Waals surface area contributed by atoms with E-state index in [9.17, 15) is 9.90 Å². The van der Waals surface area contributed by atoms with E-state index in [4.69, 9.17) is 0 Å². The molecule has 1 aromatic heterocycles. The van der Waals surface area contributed by atoms with Crippen molar-refractivity contribution in [1.29, 1.82) is 0 Å². The topological polar surface area (TPSA) is 53.4 Å². The summed E-state index contributed by atoms with van der Waals surface area (Å²) in [5, 5.41) is 10.1. The number of carbonyl (C=O) groups excluding carboxylic acids is 1. The van der Waals surface area contributed by atoms with Crippen LogP contribution in [0.3, 0.4) is 0 Å². The van der Waals surface area contributed by atoms with Crippen LogP contribution in [0.15, 0.2) is 18.5 Å². The fourth-order valence-corrected chi connectivity index (χ4v) is 2.58. The molecule has 18 heavy (non-hydrogen) atoms. The number of hydrogen-bond acceptors (Lipinski definition) is 3. The molecule has 0 aliphatic carbocycles. The van der Waals surface area contributed by atoms with Gasteiger partial charge in [0.25, 0.3) is 5.91 Å². The summed E-state index contributed by atoms with van der Waals surface area (Å²) in [6.45, 7) is 6.15. The number of pyridine rings is 1. The van der Waals surface area contributed by atoms with Gasteiger partial charge in [-0.2, -0.15) is 0 Å². The van der Waals surface area contributed by atoms with Crippen molar-refractivity contribution in [3.63, 3.8) is 0 Å². The Labute approximate surface area is 108 Å². The van der Waals surface area contributed by atoms with E-state index in [1.807, 2.05) is 13.0 Å². The van der Waals surface area contributed by atoms with E-state index < -0.39 is 5.60 Å². The third-order valence-corrected chi connectivity index (χ3v) is 3.45. The van der Waals surface area contributed by atoms with Crippen molar-refractivity contribution < 1.29 is 9.90 Å². The van der Waals surface area contributed by atoms with Crippen LogP contribution in [-0.2, 0) is 0 Å². The van der Waals surface area contributed by atoms with Crippen molar-refractivity contribution in [3.8, 4) is 0 Å². The smallest absolute Gasteiger partial charge is 0.255 e. The summed E-state index contributed by atoms with van der Waals surface area (Å²) in [5.41, 5.74) is 0.717. The van der Waals surface area contributed by atoms with Gasteiger partial charge < -0.3 is 10.0 Å². The lowest BCUT2D eigenvalue weighted by atomic mass is 9.96. The maximum Gasteiger partial charge on any atom is 0.255 e. The third-order valence-electron chi connectivity index (χ3n) is 3.45. The molecule has 2 rings (SSSR count). The fourth-order valence-electron chi connectivity index (χ4n) is 2.58. The lowest BCUT2D eigenvalue weighted by Gasteiger charge is -2.33. The lowest BCUT2D eigenvalue weighted by molar-refractivity contribution is 0.000317. The highest BCUT2D eigenvalue weighted by atomic mass is 16.3. The van der Waals surface area contributed by atoms with Gasteiger partial charge >= 0.3 is 0 Å². The van der Waals surface area contributed by atoms with Crippen molar-refractivity contribution in [2.24, 2.45) is 0 Å². The molecule has 1 aromatic rings. The van der Waals surface area contributed by atoms with E-state index in [1.165, 1.54) is 0 Å². The molecule has 1 aliphatic heterocycles. The standard InChI is InChI=1S/C14H20N2O2/c1-10-7-11(9-15-8-10)13(17)16-6-4-5-12(16)14(2,3)18/h7-9,12,18H,4-6H2,1-3H3/t12-/m1/s1. The van der Waals surface area contributed by atoms with E-state index in [0.29, 0.717) is 12.1 Å². The molecule has 1 atom stereocenters. The van der Waals surface area contributed by atoms with E-state index in [0.717, 1.165) is 18.4 Å². The first-order chi connectivity index (χ1) is 8.39. The highest BCUT2D eigenvalue weighted by Gasteiger charge is 2.38. The summed E-state index contributed by atoms with van der Waals surface area (Å²) in [6.07, 6.45) is 5.12. The van der Waals surface area contributed by atoms with Crippen LogP contribution < -0.4 is 0 Å². The van der Waals surface area contributed by atoms with Crippen LogP contribution >= 0.6 is 0 Å². The first-order valence-electron chi connectivity index (χ1n) is 6.34. The molecule has 4 heteroatoms. The highest BCUT2D eigenvalue weighted by molar-refractivity contribution is 5.94. The SMILES string of the molecule is Cc1cncc(C(=O)N2CCC[C@@H]2C(C)(C)O)c1. The third kappa shape index (κ3) is 2.53. The van der Waals surface area contributed by atoms with Crippen LogP contribution in [0.4, 0.5) is 0 Å². The summed E-state index contributed by atoms with van der Waals surface area (Å²) in [6, 6.07) is 1.74. The summed E-state index contributed by atoms with van der Waals surface area (Å²) in [4.78, 5) is 18.3. The zero-order valence-corrected chi connectivity index (χ0v) is 11.2. The van der Waals surface area contributed by atoms with Gasteiger partial charge in [0.15, 0.2) is 0 Å². The van der Waals surface area contributed by atoms with Gasteiger partial charge in [-0.1, -0.05) is 0 Å². The molecular formula is C14H20N2O2. The Balaban J connectivity index is 2.23. The predicted octanol–water partition coefficient (Wildman–Crippen LogP) is 1.77. The fraction of sp³-hybridized carbons (Fsp3) is 0.571. The molecule has 2 heterocycles. The maximum atomic E-state index is 12.4. The number of rotatable bonds is 2. The van der Waals surface area contributed by atoms with Gasteiger partial charge in [0, 0.05) is 18.9 Å². The second-order valence-corrected chi connectivity index (χ2v) is 5.56. The van der Waals surface area contributed by atoms with Gasteiger partial charge in [-0.25, -0.2) is 0 Å². The van der Waals surface area contributed by atoms with Gasteiger partial charge in [-0.15, -0.1) is 0 Å². The van der Waals surface area contributed by atoms with Crippen LogP contribution in [0.25, 0.3) is 0 Å². The zero-order valence-electron chi connectivity index (χ0n) is 11.2. The zero-order chi connectivity index (χ0) is 13.3. The molecule has 0 aromatic carbocycles. The molecule has 0 radical (unpaired) electrons. The Morgan fingerprint density at radius 2 is 2.22 bits per heavy atom. The molecule has 0 bridgehead atoms. The van der Waals surface area contributed by atoms with E-state index >= 15 is 0 Å². The second kappa shape index (κ2) is 4.69. The van der Waals surface area contributed by atoms with Crippen molar-refractivity contribution >= 4 is 5.91 Å². The molecule has 98 valence electrons. The van der Waals surface area contributed by atoms with Crippen LogP contribution in [0.5, 0.6) is 0 Å². The van der Waals surface area contributed by atoms with Gasteiger partial charge in [0.1, 0.15) is 0 Å². The minimum absolute atomic E-state index is 0.0316. The number of aromatic nitrogens is 1. The molecule has 1 fully saturated rings. The minimum atomic E-state index is -0.858. The molecule has 0 spiro atoms. The second-order valence-electron chi connectivity index (χ2n) is 5.56. The molecule has 1 amide bonds. The molecular weight excluding hydrogens is 228 g/mol. The van der Waals surface area contributed by atoms with Gasteiger partial charge in [-0.3, -0.25) is 9.78 Å². The quantitative estimate of drug-likeness (QED) is 0.867. The number of aliphatic hydroxyl groups is 1. The number of nitrogens with zero attached hydrogens (tertiary/aromatic N) is 2. The van der Waals surface area contributed by atoms with Gasteiger partial charge in [0.05, 0.1) is 17.2 Å². The lowest BCUT2D eigenvalue weighted by Crippen LogP contribution is -2.48. The highest BCUT2D eigenvalue weighted by Crippen LogP contribution is 2.28. The Bertz CT molecular complexity index is 451. The summed E-state index contributed by atoms with van der Waals surface area (Å²) in [5.74, 6) is -0.0316. The number of carbonyl (C=O) groups is 1. The van der Waals surface area contributed by atoms with Gasteiger partial charge in [-0.05, 0) is 45.2 Å². The van der Waals surface area contributed by atoms with Crippen molar-refractivity contribution in [2.75, 3.05) is 6.54 Å². The Kier molecular flexibility index (Phi) is 3.39. The Morgan fingerprint density at radius 1 is 1.50 bits per heavy atom. The van der Waals surface area contributed by atoms with Crippen molar-refractivity contribution in [1.82, 2.24) is 9.88 Å². The molecule has 1 aliphatic rings. The van der Waals surface area contributed by atoms with E-state index in [1.54, 1.807) is 31.1 Å². The number of hydrogen-bond donors (Lipinski definition) is 1. The maximum absolute atomic E-state index is 12.4. The summed E-state index contributed by atoms with van der Waals surface area (Å²) < 4.78 is 0. The molecule has 4 nitrogen and oxygen atoms in total. The van der Waals surface area contributed by atoms with E-state index in [2.05, 4.69) is 4.98 Å². The van der Waals surface area contributed by atoms with Crippen molar-refractivity contribution in [2.45, 2.75) is 45.3 Å². The van der Waals surface area contributed by atoms with Crippen LogP contribution in [0, 0.1) is 6.92 Å². The predicted molar refractivity (Wildman–Crippen MR) is 69.3 cm³/mol. The van der Waals surface area contributed by atoms with Crippen LogP contribution in [-0.4, -0.2) is 39.1 Å². The normalized spacial score (nSPS) is 20.2. The molecule has 1 saturated heterocycles. The van der Waals surface area contributed by atoms with Crippen LogP contribution in [0.1, 0.15) is 42.6 Å². The van der Waals surface area contributed by atoms with Gasteiger partial charge in [0.2, 0.25) is 0 Å². The molecule has 1 N–H and O–H groups in total. The Morgan fingerprint density at radius 3 is 2.83 bits per heavy atom. The van der Waals surface area contributed by atoms with Crippen molar-refractivity contribution in [3.05, 3.63) is 29.6 Å². The molecule has 0 unspecified atom stereocenters. The molecule has 0 saturated carbocycles. The number of amides is 1. The Hall–Kier alpha value is -1.42. The summed E-state index contributed by atoms with van der Waals surface area (Å²) in [7, 11) is 0. The monoisotopic (exact) mass is 248 g/mol. The van der Waals surface area contributed by atoms with Crippen LogP contribution in [0.2, 0.25) is 0 Å². The average Bonchev–Trinajstić information content (AvgIpc) is 2.76. The first-order valence-corrected chi connectivity index (χ1v) is 6.34. The average molecular weight is 248 g/mol. The first kappa shape index (κ1) is 13.0. The number of likely N-dealkylation sites (tertiary alicyclic amines) is 1. The largest absolute Gasteiger partial charge is 0.388 e. The van der Waals surface area contributed by atoms with E-state index in [-0.39, 0.29) is 11.9 Å². The number of aryl methyl sites for hydroxylation is 1. The summed E-state index contributed by atoms with van der Waals surface area (Å²) >= 11 is 0. The minimum Gasteiger partial charge on any atom is -0.388 e.